The minimum absolute atomic E-state index is 0.0282. The second-order valence-electron chi connectivity index (χ2n) is 8.06. The molecule has 1 aromatic heterocycles. The van der Waals surface area contributed by atoms with E-state index in [1.54, 1.807) is 12.1 Å². The van der Waals surface area contributed by atoms with Crippen LogP contribution in [0.4, 0.5) is 18.9 Å². The first kappa shape index (κ1) is 25.9. The zero-order chi connectivity index (χ0) is 26.8. The van der Waals surface area contributed by atoms with E-state index >= 15 is 0 Å². The lowest BCUT2D eigenvalue weighted by Crippen LogP contribution is -2.41. The molecule has 0 unspecified atom stereocenters. The maximum absolute atomic E-state index is 13.6. The van der Waals surface area contributed by atoms with Crippen molar-refractivity contribution in [3.63, 3.8) is 0 Å². The topological polar surface area (TPSA) is 110 Å². The number of non-ortho nitro benzene ring substituents is 1. The van der Waals surface area contributed by atoms with Crippen molar-refractivity contribution in [2.45, 2.75) is 11.1 Å². The molecule has 0 N–H and O–H groups in total. The van der Waals surface area contributed by atoms with Crippen LogP contribution in [-0.4, -0.2) is 41.5 Å². The van der Waals surface area contributed by atoms with Gasteiger partial charge in [0.1, 0.15) is 0 Å². The molecule has 37 heavy (non-hydrogen) atoms. The first-order valence-corrected chi connectivity index (χ1v) is 12.2. The Morgan fingerprint density at radius 2 is 1.59 bits per heavy atom. The number of aromatic nitrogens is 1. The van der Waals surface area contributed by atoms with Crippen molar-refractivity contribution < 1.29 is 31.3 Å². The molecule has 0 bridgehead atoms. The SMILES string of the molecule is O=C1/C(=C/c2cccnc2)CN(S(=O)(=O)c2ccc([N+](=O)[O-])cc2)C/C1=C\c1ccccc1C(F)(F)F. The van der Waals surface area contributed by atoms with Gasteiger partial charge >= 0.3 is 6.18 Å². The third kappa shape index (κ3) is 5.65. The molecule has 1 fully saturated rings. The molecule has 1 saturated heterocycles. The number of rotatable bonds is 5. The molecule has 0 aliphatic carbocycles. The molecule has 0 spiro atoms. The van der Waals surface area contributed by atoms with Crippen LogP contribution < -0.4 is 0 Å². The van der Waals surface area contributed by atoms with Gasteiger partial charge in [-0.2, -0.15) is 17.5 Å². The predicted octanol–water partition coefficient (Wildman–Crippen LogP) is 4.75. The van der Waals surface area contributed by atoms with Gasteiger partial charge in [-0.3, -0.25) is 19.9 Å². The average Bonchev–Trinajstić information content (AvgIpc) is 2.86. The Hall–Kier alpha value is -4.16. The molecule has 0 atom stereocenters. The lowest BCUT2D eigenvalue weighted by Gasteiger charge is -2.29. The molecule has 2 aromatic carbocycles. The van der Waals surface area contributed by atoms with Crippen LogP contribution in [0.5, 0.6) is 0 Å². The maximum atomic E-state index is 13.6. The zero-order valence-electron chi connectivity index (χ0n) is 18.9. The molecule has 190 valence electrons. The second-order valence-corrected chi connectivity index (χ2v) is 10.0. The van der Waals surface area contributed by atoms with E-state index in [2.05, 4.69) is 4.98 Å². The number of pyridine rings is 1. The lowest BCUT2D eigenvalue weighted by molar-refractivity contribution is -0.384. The van der Waals surface area contributed by atoms with E-state index in [1.807, 2.05) is 0 Å². The van der Waals surface area contributed by atoms with Crippen molar-refractivity contribution in [1.29, 1.82) is 0 Å². The smallest absolute Gasteiger partial charge is 0.289 e. The number of benzene rings is 2. The van der Waals surface area contributed by atoms with Crippen LogP contribution in [0.3, 0.4) is 0 Å². The molecule has 4 rings (SSSR count). The van der Waals surface area contributed by atoms with Crippen molar-refractivity contribution in [2.24, 2.45) is 0 Å². The highest BCUT2D eigenvalue weighted by molar-refractivity contribution is 7.89. The van der Waals surface area contributed by atoms with Crippen LogP contribution in [0.1, 0.15) is 16.7 Å². The second kappa shape index (κ2) is 10.1. The molecule has 8 nitrogen and oxygen atoms in total. The standard InChI is InChI=1S/C25H18F3N3O5S/c26-25(27,28)23-6-2-1-5-18(23)13-20-16-30(15-19(24(20)32)12-17-4-3-11-29-14-17)37(35,36)22-9-7-21(8-10-22)31(33)34/h1-14H,15-16H2/b19-12+,20-13+. The predicted molar refractivity (Wildman–Crippen MR) is 128 cm³/mol. The van der Waals surface area contributed by atoms with Crippen LogP contribution in [0.2, 0.25) is 0 Å². The van der Waals surface area contributed by atoms with Crippen LogP contribution in [0.15, 0.2) is 89.1 Å². The van der Waals surface area contributed by atoms with E-state index in [0.29, 0.717) is 5.56 Å². The normalized spacial score (nSPS) is 17.3. The van der Waals surface area contributed by atoms with Crippen LogP contribution in [-0.2, 0) is 21.0 Å². The summed E-state index contributed by atoms with van der Waals surface area (Å²) in [6, 6.07) is 12.1. The average molecular weight is 529 g/mol. The fraction of sp³-hybridized carbons (Fsp3) is 0.120. The molecular weight excluding hydrogens is 511 g/mol. The fourth-order valence-electron chi connectivity index (χ4n) is 3.80. The molecule has 3 aromatic rings. The number of carbonyl (C=O) groups is 1. The van der Waals surface area contributed by atoms with E-state index in [-0.39, 0.29) is 33.8 Å². The van der Waals surface area contributed by atoms with Crippen molar-refractivity contribution in [3.05, 3.63) is 111 Å². The van der Waals surface area contributed by atoms with Crippen molar-refractivity contribution in [2.75, 3.05) is 13.1 Å². The number of piperidine rings is 1. The van der Waals surface area contributed by atoms with Gasteiger partial charge in [-0.05, 0) is 47.5 Å². The monoisotopic (exact) mass is 529 g/mol. The number of nitrogens with zero attached hydrogens (tertiary/aromatic N) is 3. The van der Waals surface area contributed by atoms with Crippen molar-refractivity contribution in [3.8, 4) is 0 Å². The quantitative estimate of drug-likeness (QED) is 0.268. The van der Waals surface area contributed by atoms with Gasteiger partial charge < -0.3 is 0 Å². The third-order valence-corrected chi connectivity index (χ3v) is 7.39. The Balaban J connectivity index is 1.81. The minimum atomic E-state index is -4.69. The highest BCUT2D eigenvalue weighted by Gasteiger charge is 2.36. The molecule has 2 heterocycles. The summed E-state index contributed by atoms with van der Waals surface area (Å²) < 4.78 is 68.4. The number of carbonyl (C=O) groups excluding carboxylic acids is 1. The Morgan fingerprint density at radius 3 is 2.19 bits per heavy atom. The number of nitro benzene ring substituents is 1. The van der Waals surface area contributed by atoms with E-state index in [4.69, 9.17) is 0 Å². The van der Waals surface area contributed by atoms with Gasteiger partial charge in [0.15, 0.2) is 5.78 Å². The number of sulfonamides is 1. The molecule has 0 saturated carbocycles. The summed E-state index contributed by atoms with van der Waals surface area (Å²) >= 11 is 0. The minimum Gasteiger partial charge on any atom is -0.289 e. The Bertz CT molecular complexity index is 1520. The third-order valence-electron chi connectivity index (χ3n) is 5.58. The highest BCUT2D eigenvalue weighted by Crippen LogP contribution is 2.34. The maximum Gasteiger partial charge on any atom is 0.416 e. The summed E-state index contributed by atoms with van der Waals surface area (Å²) in [6.07, 6.45) is 0.738. The number of alkyl halides is 3. The molecule has 1 aliphatic rings. The van der Waals surface area contributed by atoms with Gasteiger partial charge in [0.2, 0.25) is 10.0 Å². The zero-order valence-corrected chi connectivity index (χ0v) is 19.7. The Morgan fingerprint density at radius 1 is 0.946 bits per heavy atom. The number of halogens is 3. The van der Waals surface area contributed by atoms with Crippen LogP contribution in [0, 0.1) is 10.1 Å². The van der Waals surface area contributed by atoms with Gasteiger partial charge in [0.05, 0.1) is 15.4 Å². The van der Waals surface area contributed by atoms with Gasteiger partial charge in [-0.15, -0.1) is 0 Å². The molecule has 0 amide bonds. The molecule has 12 heteroatoms. The van der Waals surface area contributed by atoms with Gasteiger partial charge in [0.25, 0.3) is 5.69 Å². The van der Waals surface area contributed by atoms with E-state index in [9.17, 15) is 36.5 Å². The first-order valence-electron chi connectivity index (χ1n) is 10.7. The molecular formula is C25H18F3N3O5S. The number of Topliss-reactive ketones (excluding diaryl/α,β-unsaturated/α-hetero) is 1. The van der Waals surface area contributed by atoms with Gasteiger partial charge in [0, 0.05) is 48.8 Å². The van der Waals surface area contributed by atoms with E-state index in [0.717, 1.165) is 40.7 Å². The highest BCUT2D eigenvalue weighted by atomic mass is 32.2. The van der Waals surface area contributed by atoms with Crippen molar-refractivity contribution >= 4 is 33.6 Å². The summed E-state index contributed by atoms with van der Waals surface area (Å²) in [5, 5.41) is 10.9. The first-order chi connectivity index (χ1) is 17.5. The number of ketones is 1. The lowest BCUT2D eigenvalue weighted by atomic mass is 9.94. The summed E-state index contributed by atoms with van der Waals surface area (Å²) in [4.78, 5) is 27.2. The van der Waals surface area contributed by atoms with Gasteiger partial charge in [-0.1, -0.05) is 24.3 Å². The van der Waals surface area contributed by atoms with Gasteiger partial charge in [-0.25, -0.2) is 8.42 Å². The number of nitro groups is 1. The van der Waals surface area contributed by atoms with E-state index in [1.165, 1.54) is 36.7 Å². The van der Waals surface area contributed by atoms with Crippen LogP contribution in [0.25, 0.3) is 12.2 Å². The molecule has 1 aliphatic heterocycles. The van der Waals surface area contributed by atoms with Crippen LogP contribution >= 0.6 is 0 Å². The largest absolute Gasteiger partial charge is 0.416 e. The van der Waals surface area contributed by atoms with Crippen molar-refractivity contribution in [1.82, 2.24) is 9.29 Å². The number of hydrogen-bond donors (Lipinski definition) is 0. The summed E-state index contributed by atoms with van der Waals surface area (Å²) in [7, 11) is -4.28. The molecule has 0 radical (unpaired) electrons. The Kier molecular flexibility index (Phi) is 7.05. The van der Waals surface area contributed by atoms with E-state index < -0.39 is 39.0 Å². The summed E-state index contributed by atoms with van der Waals surface area (Å²) in [5.41, 5.74) is -1.20. The number of hydrogen-bond acceptors (Lipinski definition) is 6. The summed E-state index contributed by atoms with van der Waals surface area (Å²) in [5.74, 6) is -0.601. The fourth-order valence-corrected chi connectivity index (χ4v) is 5.19. The Labute approximate surface area is 209 Å². The summed E-state index contributed by atoms with van der Waals surface area (Å²) in [6.45, 7) is -0.847.